The third kappa shape index (κ3) is 3.51. The Kier molecular flexibility index (Phi) is 4.00. The Bertz CT molecular complexity index is 645. The van der Waals surface area contributed by atoms with Gasteiger partial charge in [-0.15, -0.1) is 10.2 Å². The fraction of sp³-hybridized carbons (Fsp3) is 0.250. The van der Waals surface area contributed by atoms with Crippen LogP contribution in [0, 0.1) is 0 Å². The van der Waals surface area contributed by atoms with Gasteiger partial charge in [-0.2, -0.15) is 0 Å². The molecule has 1 aromatic carbocycles. The van der Waals surface area contributed by atoms with Gasteiger partial charge in [-0.1, -0.05) is 0 Å². The topological polar surface area (TPSA) is 64.1 Å². The van der Waals surface area contributed by atoms with Gasteiger partial charge in [0.25, 0.3) is 0 Å². The van der Waals surface area contributed by atoms with Crippen LogP contribution in [0.2, 0.25) is 0 Å². The molecule has 1 unspecified atom stereocenters. The number of aromatic nitrogens is 2. The molecule has 3 rings (SSSR count). The molecule has 1 atom stereocenters. The van der Waals surface area contributed by atoms with Crippen molar-refractivity contribution >= 4 is 5.69 Å². The third-order valence-corrected chi connectivity index (χ3v) is 3.31. The van der Waals surface area contributed by atoms with Gasteiger partial charge in [0.05, 0.1) is 6.26 Å². The highest BCUT2D eigenvalue weighted by Crippen LogP contribution is 2.19. The van der Waals surface area contributed by atoms with E-state index in [2.05, 4.69) is 22.4 Å². The van der Waals surface area contributed by atoms with E-state index in [0.717, 1.165) is 29.9 Å². The first-order chi connectivity index (χ1) is 10.3. The van der Waals surface area contributed by atoms with Crippen LogP contribution in [0.1, 0.15) is 19.1 Å². The predicted molar refractivity (Wildman–Crippen MR) is 79.8 cm³/mol. The molecular weight excluding hydrogens is 266 g/mol. The molecule has 0 saturated carbocycles. The van der Waals surface area contributed by atoms with E-state index in [4.69, 9.17) is 8.83 Å². The number of nitrogens with one attached hydrogen (secondary N) is 1. The summed E-state index contributed by atoms with van der Waals surface area (Å²) in [7, 11) is 0. The number of nitrogens with zero attached hydrogens (tertiary/aromatic N) is 2. The summed E-state index contributed by atoms with van der Waals surface area (Å²) in [4.78, 5) is 0. The first-order valence-corrected chi connectivity index (χ1v) is 6.97. The molecular formula is C16H17N3O2. The normalized spacial score (nSPS) is 12.2. The SMILES string of the molecule is CC(CCc1ccco1)Nc1ccc(-c2nnco2)cc1. The Morgan fingerprint density at radius 1 is 1.14 bits per heavy atom. The maximum absolute atomic E-state index is 5.34. The average Bonchev–Trinajstić information content (AvgIpc) is 3.19. The van der Waals surface area contributed by atoms with Gasteiger partial charge < -0.3 is 14.2 Å². The molecule has 5 nitrogen and oxygen atoms in total. The number of hydrogen-bond acceptors (Lipinski definition) is 5. The van der Waals surface area contributed by atoms with Crippen LogP contribution in [0.15, 0.2) is 57.9 Å². The Hall–Kier alpha value is -2.56. The van der Waals surface area contributed by atoms with Crippen LogP contribution in [-0.4, -0.2) is 16.2 Å². The smallest absolute Gasteiger partial charge is 0.247 e. The molecule has 0 amide bonds. The zero-order chi connectivity index (χ0) is 14.5. The van der Waals surface area contributed by atoms with Gasteiger partial charge in [0, 0.05) is 23.7 Å². The third-order valence-electron chi connectivity index (χ3n) is 3.31. The summed E-state index contributed by atoms with van der Waals surface area (Å²) in [6, 6.07) is 12.3. The summed E-state index contributed by atoms with van der Waals surface area (Å²) in [5.41, 5.74) is 1.99. The number of aryl methyl sites for hydroxylation is 1. The van der Waals surface area contributed by atoms with Crippen molar-refractivity contribution in [1.82, 2.24) is 10.2 Å². The highest BCUT2D eigenvalue weighted by molar-refractivity contribution is 5.58. The molecule has 3 aromatic rings. The highest BCUT2D eigenvalue weighted by atomic mass is 16.4. The van der Waals surface area contributed by atoms with Gasteiger partial charge in [-0.25, -0.2) is 0 Å². The second-order valence-electron chi connectivity index (χ2n) is 4.98. The van der Waals surface area contributed by atoms with Crippen molar-refractivity contribution in [2.75, 3.05) is 5.32 Å². The zero-order valence-electron chi connectivity index (χ0n) is 11.8. The second kappa shape index (κ2) is 6.26. The minimum absolute atomic E-state index is 0.365. The predicted octanol–water partition coefficient (Wildman–Crippen LogP) is 3.76. The van der Waals surface area contributed by atoms with E-state index < -0.39 is 0 Å². The van der Waals surface area contributed by atoms with Gasteiger partial charge in [0.15, 0.2) is 0 Å². The van der Waals surface area contributed by atoms with Crippen LogP contribution in [0.5, 0.6) is 0 Å². The van der Waals surface area contributed by atoms with Crippen molar-refractivity contribution in [2.45, 2.75) is 25.8 Å². The summed E-state index contributed by atoms with van der Waals surface area (Å²) >= 11 is 0. The van der Waals surface area contributed by atoms with Crippen LogP contribution < -0.4 is 5.32 Å². The Labute approximate surface area is 123 Å². The van der Waals surface area contributed by atoms with E-state index >= 15 is 0 Å². The minimum atomic E-state index is 0.365. The molecule has 21 heavy (non-hydrogen) atoms. The lowest BCUT2D eigenvalue weighted by Gasteiger charge is -2.14. The summed E-state index contributed by atoms with van der Waals surface area (Å²) in [5.74, 6) is 1.56. The van der Waals surface area contributed by atoms with E-state index in [-0.39, 0.29) is 0 Å². The van der Waals surface area contributed by atoms with Gasteiger partial charge in [0.1, 0.15) is 5.76 Å². The molecule has 0 spiro atoms. The van der Waals surface area contributed by atoms with E-state index in [9.17, 15) is 0 Å². The molecule has 0 aliphatic carbocycles. The fourth-order valence-electron chi connectivity index (χ4n) is 2.18. The Morgan fingerprint density at radius 3 is 2.67 bits per heavy atom. The quantitative estimate of drug-likeness (QED) is 0.746. The first-order valence-electron chi connectivity index (χ1n) is 6.97. The average molecular weight is 283 g/mol. The number of benzene rings is 1. The number of hydrogen-bond donors (Lipinski definition) is 1. The zero-order valence-corrected chi connectivity index (χ0v) is 11.8. The van der Waals surface area contributed by atoms with E-state index in [0.29, 0.717) is 11.9 Å². The number of furan rings is 1. The first kappa shape index (κ1) is 13.4. The van der Waals surface area contributed by atoms with E-state index in [1.54, 1.807) is 6.26 Å². The van der Waals surface area contributed by atoms with Crippen LogP contribution in [0.25, 0.3) is 11.5 Å². The molecule has 0 aliphatic rings. The largest absolute Gasteiger partial charge is 0.469 e. The maximum atomic E-state index is 5.34. The molecule has 0 bridgehead atoms. The van der Waals surface area contributed by atoms with Crippen molar-refractivity contribution in [3.8, 4) is 11.5 Å². The molecule has 0 radical (unpaired) electrons. The van der Waals surface area contributed by atoms with Crippen molar-refractivity contribution < 1.29 is 8.83 Å². The van der Waals surface area contributed by atoms with Crippen molar-refractivity contribution in [3.63, 3.8) is 0 Å². The Morgan fingerprint density at radius 2 is 2.00 bits per heavy atom. The molecule has 0 aliphatic heterocycles. The van der Waals surface area contributed by atoms with Crippen LogP contribution in [0.3, 0.4) is 0 Å². The highest BCUT2D eigenvalue weighted by Gasteiger charge is 2.06. The summed E-state index contributed by atoms with van der Waals surface area (Å²) in [6.07, 6.45) is 4.99. The van der Waals surface area contributed by atoms with Gasteiger partial charge in [-0.05, 0) is 49.7 Å². The lowest BCUT2D eigenvalue weighted by atomic mass is 10.1. The standard InChI is InChI=1S/C16H17N3O2/c1-12(4-9-15-3-2-10-20-15)18-14-7-5-13(6-8-14)16-19-17-11-21-16/h2-3,5-8,10-12,18H,4,9H2,1H3. The molecule has 2 aromatic heterocycles. The lowest BCUT2D eigenvalue weighted by Crippen LogP contribution is -2.15. The van der Waals surface area contributed by atoms with Crippen LogP contribution in [-0.2, 0) is 6.42 Å². The molecule has 108 valence electrons. The van der Waals surface area contributed by atoms with Gasteiger partial charge in [0.2, 0.25) is 12.3 Å². The molecule has 2 heterocycles. The monoisotopic (exact) mass is 283 g/mol. The van der Waals surface area contributed by atoms with Crippen molar-refractivity contribution in [2.24, 2.45) is 0 Å². The summed E-state index contributed by atoms with van der Waals surface area (Å²) in [5, 5.41) is 11.0. The van der Waals surface area contributed by atoms with Gasteiger partial charge >= 0.3 is 0 Å². The van der Waals surface area contributed by atoms with E-state index in [1.165, 1.54) is 6.39 Å². The Balaban J connectivity index is 1.55. The maximum Gasteiger partial charge on any atom is 0.247 e. The number of rotatable bonds is 6. The minimum Gasteiger partial charge on any atom is -0.469 e. The molecule has 5 heteroatoms. The molecule has 0 saturated heterocycles. The molecule has 1 N–H and O–H groups in total. The van der Waals surface area contributed by atoms with Crippen LogP contribution in [0.4, 0.5) is 5.69 Å². The lowest BCUT2D eigenvalue weighted by molar-refractivity contribution is 0.495. The van der Waals surface area contributed by atoms with Crippen molar-refractivity contribution in [1.29, 1.82) is 0 Å². The number of anilines is 1. The molecule has 0 fully saturated rings. The fourth-order valence-corrected chi connectivity index (χ4v) is 2.18. The summed E-state index contributed by atoms with van der Waals surface area (Å²) in [6.45, 7) is 2.16. The van der Waals surface area contributed by atoms with Gasteiger partial charge in [-0.3, -0.25) is 0 Å². The van der Waals surface area contributed by atoms with E-state index in [1.807, 2.05) is 36.4 Å². The van der Waals surface area contributed by atoms with Crippen molar-refractivity contribution in [3.05, 3.63) is 54.8 Å². The summed E-state index contributed by atoms with van der Waals surface area (Å²) < 4.78 is 10.5. The second-order valence-corrected chi connectivity index (χ2v) is 4.98. The van der Waals surface area contributed by atoms with Crippen LogP contribution >= 0.6 is 0 Å².